The fourth-order valence-corrected chi connectivity index (χ4v) is 1.33. The van der Waals surface area contributed by atoms with Crippen molar-refractivity contribution < 1.29 is 14.4 Å². The molecule has 0 amide bonds. The molecule has 0 N–H and O–H groups in total. The van der Waals surface area contributed by atoms with Gasteiger partial charge in [0.2, 0.25) is 5.75 Å². The van der Waals surface area contributed by atoms with E-state index in [1.165, 1.54) is 32.6 Å². The van der Waals surface area contributed by atoms with Crippen molar-refractivity contribution in [2.24, 2.45) is 5.10 Å². The van der Waals surface area contributed by atoms with E-state index < -0.39 is 4.92 Å². The average molecular weight is 253 g/mol. The third kappa shape index (κ3) is 3.09. The van der Waals surface area contributed by atoms with Crippen LogP contribution in [0, 0.1) is 10.1 Å². The van der Waals surface area contributed by atoms with E-state index >= 15 is 0 Å². The van der Waals surface area contributed by atoms with E-state index in [9.17, 15) is 10.1 Å². The zero-order valence-corrected chi connectivity index (χ0v) is 10.7. The lowest BCUT2D eigenvalue weighted by atomic mass is 10.1. The van der Waals surface area contributed by atoms with E-state index in [1.807, 2.05) is 0 Å². The second kappa shape index (κ2) is 5.85. The minimum Gasteiger partial charge on any atom is -0.496 e. The Morgan fingerprint density at radius 3 is 2.33 bits per heavy atom. The summed E-state index contributed by atoms with van der Waals surface area (Å²) in [6, 6.07) is 2.83. The van der Waals surface area contributed by atoms with Crippen molar-refractivity contribution >= 4 is 11.9 Å². The fraction of sp³-hybridized carbons (Fsp3) is 0.364. The van der Waals surface area contributed by atoms with Crippen molar-refractivity contribution in [2.75, 3.05) is 28.3 Å². The van der Waals surface area contributed by atoms with E-state index in [1.54, 1.807) is 19.1 Å². The molecule has 0 aliphatic heterocycles. The lowest BCUT2D eigenvalue weighted by Gasteiger charge is -2.09. The van der Waals surface area contributed by atoms with Crippen LogP contribution in [-0.2, 0) is 0 Å². The summed E-state index contributed by atoms with van der Waals surface area (Å²) in [7, 11) is 6.35. The molecule has 0 spiro atoms. The summed E-state index contributed by atoms with van der Waals surface area (Å²) in [5.74, 6) is 0.613. The Morgan fingerprint density at radius 1 is 1.28 bits per heavy atom. The predicted molar refractivity (Wildman–Crippen MR) is 67.5 cm³/mol. The molecular formula is C11H15N3O4. The third-order valence-electron chi connectivity index (χ3n) is 2.16. The molecule has 0 heterocycles. The van der Waals surface area contributed by atoms with E-state index in [4.69, 9.17) is 9.47 Å². The van der Waals surface area contributed by atoms with Gasteiger partial charge in [0.25, 0.3) is 0 Å². The first kappa shape index (κ1) is 13.8. The largest absolute Gasteiger partial charge is 0.496 e. The minimum atomic E-state index is -0.509. The zero-order chi connectivity index (χ0) is 13.7. The molecule has 0 fully saturated rings. The molecule has 0 saturated carbocycles. The summed E-state index contributed by atoms with van der Waals surface area (Å²) < 4.78 is 10.1. The van der Waals surface area contributed by atoms with Crippen molar-refractivity contribution in [3.63, 3.8) is 0 Å². The van der Waals surface area contributed by atoms with Crippen LogP contribution in [0.1, 0.15) is 5.56 Å². The normalized spacial score (nSPS) is 10.4. The summed E-state index contributed by atoms with van der Waals surface area (Å²) >= 11 is 0. The maximum atomic E-state index is 10.9. The van der Waals surface area contributed by atoms with Crippen LogP contribution >= 0.6 is 0 Å². The van der Waals surface area contributed by atoms with Crippen molar-refractivity contribution in [3.8, 4) is 11.5 Å². The molecule has 7 heteroatoms. The molecule has 0 atom stereocenters. The first-order chi connectivity index (χ1) is 8.49. The molecular weight excluding hydrogens is 238 g/mol. The number of ether oxygens (including phenoxy) is 2. The van der Waals surface area contributed by atoms with Crippen molar-refractivity contribution in [1.82, 2.24) is 5.01 Å². The maximum Gasteiger partial charge on any atom is 0.311 e. The lowest BCUT2D eigenvalue weighted by Crippen LogP contribution is -2.03. The highest BCUT2D eigenvalue weighted by Crippen LogP contribution is 2.33. The summed E-state index contributed by atoms with van der Waals surface area (Å²) in [6.07, 6.45) is 1.49. The number of nitro benzene ring substituents is 1. The number of benzene rings is 1. The number of hydrazone groups is 1. The summed E-state index contributed by atoms with van der Waals surface area (Å²) in [5.41, 5.74) is 0.386. The quantitative estimate of drug-likeness (QED) is 0.451. The van der Waals surface area contributed by atoms with Crippen LogP contribution in [-0.4, -0.2) is 44.5 Å². The molecule has 0 radical (unpaired) electrons. The average Bonchev–Trinajstić information content (AvgIpc) is 2.34. The van der Waals surface area contributed by atoms with Crippen LogP contribution in [0.15, 0.2) is 17.2 Å². The number of methoxy groups -OCH3 is 2. The number of nitro groups is 1. The van der Waals surface area contributed by atoms with Crippen LogP contribution in [0.3, 0.4) is 0 Å². The summed E-state index contributed by atoms with van der Waals surface area (Å²) in [5, 5.41) is 16.5. The molecule has 1 aromatic rings. The van der Waals surface area contributed by atoms with Crippen LogP contribution in [0.4, 0.5) is 5.69 Å². The first-order valence-electron chi connectivity index (χ1n) is 5.11. The molecule has 98 valence electrons. The van der Waals surface area contributed by atoms with Gasteiger partial charge in [0.05, 0.1) is 25.4 Å². The van der Waals surface area contributed by atoms with Crippen LogP contribution < -0.4 is 9.47 Å². The Balaban J connectivity index is 3.32. The first-order valence-corrected chi connectivity index (χ1v) is 5.11. The van der Waals surface area contributed by atoms with Gasteiger partial charge >= 0.3 is 5.69 Å². The van der Waals surface area contributed by atoms with Crippen LogP contribution in [0.25, 0.3) is 0 Å². The Hall–Kier alpha value is -2.31. The fourth-order valence-electron chi connectivity index (χ4n) is 1.33. The third-order valence-corrected chi connectivity index (χ3v) is 2.16. The molecule has 0 saturated heterocycles. The molecule has 0 aromatic heterocycles. The maximum absolute atomic E-state index is 10.9. The molecule has 0 aliphatic carbocycles. The zero-order valence-electron chi connectivity index (χ0n) is 10.7. The molecule has 7 nitrogen and oxygen atoms in total. The highest BCUT2D eigenvalue weighted by molar-refractivity contribution is 5.85. The van der Waals surface area contributed by atoms with Gasteiger partial charge in [0.15, 0.2) is 0 Å². The summed E-state index contributed by atoms with van der Waals surface area (Å²) in [6.45, 7) is 0. The van der Waals surface area contributed by atoms with Gasteiger partial charge in [0, 0.05) is 31.8 Å². The van der Waals surface area contributed by atoms with Gasteiger partial charge in [-0.3, -0.25) is 10.1 Å². The number of hydrogen-bond donors (Lipinski definition) is 0. The molecule has 0 bridgehead atoms. The van der Waals surface area contributed by atoms with Gasteiger partial charge in [-0.05, 0) is 0 Å². The molecule has 18 heavy (non-hydrogen) atoms. The SMILES string of the molecule is COc1cc(OC)c([N+](=O)[O-])cc1/C=N/N(C)C. The second-order valence-electron chi connectivity index (χ2n) is 3.61. The Bertz CT molecular complexity index is 472. The summed E-state index contributed by atoms with van der Waals surface area (Å²) in [4.78, 5) is 10.4. The van der Waals surface area contributed by atoms with Gasteiger partial charge in [-0.1, -0.05) is 0 Å². The molecule has 1 rings (SSSR count). The van der Waals surface area contributed by atoms with Crippen LogP contribution in [0.5, 0.6) is 11.5 Å². The Labute approximate surface area is 105 Å². The van der Waals surface area contributed by atoms with Crippen molar-refractivity contribution in [1.29, 1.82) is 0 Å². The number of nitrogens with zero attached hydrogens (tertiary/aromatic N) is 3. The highest BCUT2D eigenvalue weighted by atomic mass is 16.6. The van der Waals surface area contributed by atoms with Gasteiger partial charge < -0.3 is 14.5 Å². The van der Waals surface area contributed by atoms with Crippen LogP contribution in [0.2, 0.25) is 0 Å². The molecule has 0 aliphatic rings. The van der Waals surface area contributed by atoms with E-state index in [2.05, 4.69) is 5.10 Å². The highest BCUT2D eigenvalue weighted by Gasteiger charge is 2.18. The lowest BCUT2D eigenvalue weighted by molar-refractivity contribution is -0.385. The van der Waals surface area contributed by atoms with E-state index in [0.717, 1.165) is 0 Å². The minimum absolute atomic E-state index is 0.126. The van der Waals surface area contributed by atoms with Gasteiger partial charge in [-0.15, -0.1) is 0 Å². The standard InChI is InChI=1S/C11H15N3O4/c1-13(2)12-7-8-5-9(14(15)16)11(18-4)6-10(8)17-3/h5-7H,1-4H3/b12-7+. The Kier molecular flexibility index (Phi) is 4.47. The van der Waals surface area contributed by atoms with E-state index in [0.29, 0.717) is 11.3 Å². The molecule has 1 aromatic carbocycles. The van der Waals surface area contributed by atoms with Crippen molar-refractivity contribution in [2.45, 2.75) is 0 Å². The van der Waals surface area contributed by atoms with Crippen molar-refractivity contribution in [3.05, 3.63) is 27.8 Å². The van der Waals surface area contributed by atoms with Gasteiger partial charge in [-0.2, -0.15) is 5.10 Å². The monoisotopic (exact) mass is 253 g/mol. The van der Waals surface area contributed by atoms with Gasteiger partial charge in [-0.25, -0.2) is 0 Å². The smallest absolute Gasteiger partial charge is 0.311 e. The Morgan fingerprint density at radius 2 is 1.89 bits per heavy atom. The van der Waals surface area contributed by atoms with Gasteiger partial charge in [0.1, 0.15) is 5.75 Å². The number of rotatable bonds is 5. The van der Waals surface area contributed by atoms with E-state index in [-0.39, 0.29) is 11.4 Å². The number of hydrogen-bond acceptors (Lipinski definition) is 6. The topological polar surface area (TPSA) is 77.2 Å². The molecule has 0 unspecified atom stereocenters. The predicted octanol–water partition coefficient (Wildman–Crippen LogP) is 1.51. The second-order valence-corrected chi connectivity index (χ2v) is 3.61.